The van der Waals surface area contributed by atoms with Gasteiger partial charge >= 0.3 is 5.97 Å². The third-order valence-corrected chi connectivity index (χ3v) is 2.74. The molecule has 2 aromatic rings. The molecule has 0 aliphatic rings. The van der Waals surface area contributed by atoms with Gasteiger partial charge in [-0.1, -0.05) is 30.3 Å². The molecule has 1 amide bonds. The van der Waals surface area contributed by atoms with Crippen molar-refractivity contribution in [3.63, 3.8) is 0 Å². The highest BCUT2D eigenvalue weighted by molar-refractivity contribution is 5.99. The Morgan fingerprint density at radius 1 is 1.20 bits per heavy atom. The Morgan fingerprint density at radius 3 is 2.50 bits per heavy atom. The molecule has 0 saturated carbocycles. The number of amides is 1. The first-order valence-corrected chi connectivity index (χ1v) is 5.91. The monoisotopic (exact) mass is 275 g/mol. The van der Waals surface area contributed by atoms with Crippen molar-refractivity contribution in [2.24, 2.45) is 0 Å². The van der Waals surface area contributed by atoms with Crippen molar-refractivity contribution in [1.82, 2.24) is 5.32 Å². The molecule has 0 radical (unpaired) electrons. The van der Waals surface area contributed by atoms with Crippen LogP contribution in [0.3, 0.4) is 0 Å². The van der Waals surface area contributed by atoms with Gasteiger partial charge in [0, 0.05) is 5.56 Å². The van der Waals surface area contributed by atoms with Gasteiger partial charge in [-0.25, -0.2) is 4.79 Å². The van der Waals surface area contributed by atoms with Crippen LogP contribution in [0, 0.1) is 0 Å². The predicted octanol–water partition coefficient (Wildman–Crippen LogP) is 1.12. The minimum atomic E-state index is -1.36. The molecule has 1 aromatic heterocycles. The third-order valence-electron chi connectivity index (χ3n) is 2.74. The van der Waals surface area contributed by atoms with Crippen LogP contribution in [0.1, 0.15) is 10.6 Å². The summed E-state index contributed by atoms with van der Waals surface area (Å²) in [6, 6.07) is 9.35. The van der Waals surface area contributed by atoms with E-state index in [1.165, 1.54) is 6.26 Å². The van der Waals surface area contributed by atoms with Crippen molar-refractivity contribution in [3.05, 3.63) is 48.4 Å². The summed E-state index contributed by atoms with van der Waals surface area (Å²) in [6.45, 7) is -0.692. The van der Waals surface area contributed by atoms with Gasteiger partial charge in [-0.2, -0.15) is 0 Å². The minimum absolute atomic E-state index is 0.0101. The van der Waals surface area contributed by atoms with E-state index in [-0.39, 0.29) is 5.76 Å². The van der Waals surface area contributed by atoms with Gasteiger partial charge in [0.1, 0.15) is 0 Å². The summed E-state index contributed by atoms with van der Waals surface area (Å²) >= 11 is 0. The van der Waals surface area contributed by atoms with Crippen LogP contribution in [0.15, 0.2) is 47.1 Å². The fourth-order valence-corrected chi connectivity index (χ4v) is 1.74. The number of furan rings is 1. The SMILES string of the molecule is O=C(N[C@@H](CO)C(=O)O)c1occc1-c1ccccc1. The number of carbonyl (C=O) groups is 2. The summed E-state index contributed by atoms with van der Waals surface area (Å²) < 4.78 is 5.12. The quantitative estimate of drug-likeness (QED) is 0.759. The van der Waals surface area contributed by atoms with Crippen molar-refractivity contribution in [2.75, 3.05) is 6.61 Å². The number of aliphatic hydroxyl groups is 1. The molecule has 1 aromatic carbocycles. The highest BCUT2D eigenvalue weighted by Gasteiger charge is 2.23. The Hall–Kier alpha value is -2.60. The van der Waals surface area contributed by atoms with E-state index < -0.39 is 24.5 Å². The van der Waals surface area contributed by atoms with E-state index in [4.69, 9.17) is 14.6 Å². The fraction of sp³-hybridized carbons (Fsp3) is 0.143. The molecule has 104 valence electrons. The van der Waals surface area contributed by atoms with Gasteiger partial charge in [-0.15, -0.1) is 0 Å². The van der Waals surface area contributed by atoms with Crippen LogP contribution in [0.25, 0.3) is 11.1 Å². The lowest BCUT2D eigenvalue weighted by molar-refractivity contribution is -0.140. The first kappa shape index (κ1) is 13.8. The van der Waals surface area contributed by atoms with Gasteiger partial charge in [0.2, 0.25) is 0 Å². The number of nitrogens with one attached hydrogen (secondary N) is 1. The molecule has 0 unspecified atom stereocenters. The average molecular weight is 275 g/mol. The standard InChI is InChI=1S/C14H13NO5/c16-8-11(14(18)19)15-13(17)12-10(6-7-20-12)9-4-2-1-3-5-9/h1-7,11,16H,8H2,(H,15,17)(H,18,19)/t11-/m0/s1. The lowest BCUT2D eigenvalue weighted by Crippen LogP contribution is -2.43. The second kappa shape index (κ2) is 6.03. The zero-order valence-electron chi connectivity index (χ0n) is 10.4. The Balaban J connectivity index is 2.24. The topological polar surface area (TPSA) is 99.8 Å². The normalized spacial score (nSPS) is 11.8. The Labute approximate surface area is 114 Å². The summed E-state index contributed by atoms with van der Waals surface area (Å²) in [5, 5.41) is 19.9. The first-order valence-electron chi connectivity index (χ1n) is 5.91. The Morgan fingerprint density at radius 2 is 1.90 bits per heavy atom. The highest BCUT2D eigenvalue weighted by Crippen LogP contribution is 2.24. The van der Waals surface area contributed by atoms with Crippen molar-refractivity contribution in [1.29, 1.82) is 0 Å². The number of carboxylic acids is 1. The lowest BCUT2D eigenvalue weighted by Gasteiger charge is -2.11. The molecule has 3 N–H and O–H groups in total. The maximum absolute atomic E-state index is 12.0. The van der Waals surface area contributed by atoms with E-state index >= 15 is 0 Å². The van der Waals surface area contributed by atoms with Crippen LogP contribution < -0.4 is 5.32 Å². The molecular weight excluding hydrogens is 262 g/mol. The van der Waals surface area contributed by atoms with E-state index in [0.717, 1.165) is 5.56 Å². The van der Waals surface area contributed by atoms with Crippen LogP contribution in [-0.2, 0) is 4.79 Å². The molecule has 0 saturated heterocycles. The lowest BCUT2D eigenvalue weighted by atomic mass is 10.1. The molecular formula is C14H13NO5. The smallest absolute Gasteiger partial charge is 0.328 e. The summed E-state index contributed by atoms with van der Waals surface area (Å²) in [5.74, 6) is -1.99. The second-order valence-electron chi connectivity index (χ2n) is 4.08. The summed E-state index contributed by atoms with van der Waals surface area (Å²) in [6.07, 6.45) is 1.35. The van der Waals surface area contributed by atoms with E-state index in [0.29, 0.717) is 5.56 Å². The Kier molecular flexibility index (Phi) is 4.17. The second-order valence-corrected chi connectivity index (χ2v) is 4.08. The van der Waals surface area contributed by atoms with Crippen LogP contribution in [-0.4, -0.2) is 34.7 Å². The molecule has 0 aliphatic heterocycles. The zero-order valence-corrected chi connectivity index (χ0v) is 10.4. The third kappa shape index (κ3) is 2.86. The average Bonchev–Trinajstić information content (AvgIpc) is 2.94. The van der Waals surface area contributed by atoms with Crippen molar-refractivity contribution in [2.45, 2.75) is 6.04 Å². The summed E-state index contributed by atoms with van der Waals surface area (Å²) in [7, 11) is 0. The van der Waals surface area contributed by atoms with Crippen LogP contribution in [0.4, 0.5) is 0 Å². The van der Waals surface area contributed by atoms with Gasteiger partial charge in [0.15, 0.2) is 11.8 Å². The molecule has 1 atom stereocenters. The van der Waals surface area contributed by atoms with Crippen molar-refractivity contribution >= 4 is 11.9 Å². The predicted molar refractivity (Wildman–Crippen MR) is 70.1 cm³/mol. The van der Waals surface area contributed by atoms with E-state index in [1.54, 1.807) is 6.07 Å². The molecule has 2 rings (SSSR count). The maximum Gasteiger partial charge on any atom is 0.328 e. The van der Waals surface area contributed by atoms with Gasteiger partial charge in [-0.05, 0) is 11.6 Å². The van der Waals surface area contributed by atoms with E-state index in [9.17, 15) is 9.59 Å². The van der Waals surface area contributed by atoms with Gasteiger partial charge in [0.05, 0.1) is 12.9 Å². The van der Waals surface area contributed by atoms with Crippen LogP contribution in [0.5, 0.6) is 0 Å². The van der Waals surface area contributed by atoms with E-state index in [2.05, 4.69) is 5.32 Å². The van der Waals surface area contributed by atoms with E-state index in [1.807, 2.05) is 30.3 Å². The zero-order chi connectivity index (χ0) is 14.5. The molecule has 20 heavy (non-hydrogen) atoms. The minimum Gasteiger partial charge on any atom is -0.480 e. The molecule has 6 heteroatoms. The molecule has 0 aliphatic carbocycles. The first-order chi connectivity index (χ1) is 9.63. The highest BCUT2D eigenvalue weighted by atomic mass is 16.4. The van der Waals surface area contributed by atoms with Crippen molar-refractivity contribution in [3.8, 4) is 11.1 Å². The number of hydrogen-bond donors (Lipinski definition) is 3. The molecule has 0 fully saturated rings. The number of hydrogen-bond acceptors (Lipinski definition) is 4. The Bertz CT molecular complexity index is 605. The number of carboxylic acid groups (broad SMARTS) is 1. The number of aliphatic hydroxyl groups excluding tert-OH is 1. The number of carbonyl (C=O) groups excluding carboxylic acids is 1. The van der Waals surface area contributed by atoms with Crippen LogP contribution >= 0.6 is 0 Å². The number of aliphatic carboxylic acids is 1. The summed E-state index contributed by atoms with van der Waals surface area (Å²) in [5.41, 5.74) is 1.34. The molecule has 6 nitrogen and oxygen atoms in total. The van der Waals surface area contributed by atoms with Crippen LogP contribution in [0.2, 0.25) is 0 Å². The fourth-order valence-electron chi connectivity index (χ4n) is 1.74. The maximum atomic E-state index is 12.0. The summed E-state index contributed by atoms with van der Waals surface area (Å²) in [4.78, 5) is 22.8. The van der Waals surface area contributed by atoms with Gasteiger partial charge < -0.3 is 19.9 Å². The van der Waals surface area contributed by atoms with Gasteiger partial charge in [0.25, 0.3) is 5.91 Å². The van der Waals surface area contributed by atoms with Gasteiger partial charge in [-0.3, -0.25) is 4.79 Å². The molecule has 0 spiro atoms. The largest absolute Gasteiger partial charge is 0.480 e. The molecule has 0 bridgehead atoms. The number of rotatable bonds is 5. The van der Waals surface area contributed by atoms with Crippen molar-refractivity contribution < 1.29 is 24.2 Å². The number of benzene rings is 1. The molecule has 1 heterocycles.